The maximum atomic E-state index is 12.6. The van der Waals surface area contributed by atoms with Crippen LogP contribution in [0.3, 0.4) is 0 Å². The van der Waals surface area contributed by atoms with Crippen LogP contribution in [0.5, 0.6) is 0 Å². The van der Waals surface area contributed by atoms with Crippen LogP contribution >= 0.6 is 0 Å². The molecule has 1 amide bonds. The fraction of sp³-hybridized carbons (Fsp3) is 0.421. The van der Waals surface area contributed by atoms with Crippen LogP contribution in [-0.4, -0.2) is 35.1 Å². The molecule has 2 atom stereocenters. The highest BCUT2D eigenvalue weighted by Crippen LogP contribution is 2.23. The summed E-state index contributed by atoms with van der Waals surface area (Å²) in [4.78, 5) is 14.5. The third-order valence-electron chi connectivity index (χ3n) is 4.71. The van der Waals surface area contributed by atoms with E-state index in [2.05, 4.69) is 18.2 Å². The van der Waals surface area contributed by atoms with E-state index >= 15 is 0 Å². The molecule has 1 heterocycles. The Balaban J connectivity index is 1.76. The Morgan fingerprint density at radius 2 is 2.05 bits per heavy atom. The van der Waals surface area contributed by atoms with Crippen LogP contribution in [0.1, 0.15) is 25.3 Å². The Labute approximate surface area is 131 Å². The van der Waals surface area contributed by atoms with Gasteiger partial charge in [-0.05, 0) is 36.1 Å². The molecule has 1 N–H and O–H groups in total. The zero-order valence-electron chi connectivity index (χ0n) is 13.0. The van der Waals surface area contributed by atoms with Crippen molar-refractivity contribution in [1.82, 2.24) is 4.90 Å². The Hall–Kier alpha value is -1.87. The second-order valence-corrected chi connectivity index (χ2v) is 6.30. The highest BCUT2D eigenvalue weighted by atomic mass is 16.3. The minimum atomic E-state index is -0.340. The van der Waals surface area contributed by atoms with Gasteiger partial charge in [-0.15, -0.1) is 0 Å². The van der Waals surface area contributed by atoms with Crippen LogP contribution in [0.2, 0.25) is 0 Å². The van der Waals surface area contributed by atoms with Gasteiger partial charge in [-0.3, -0.25) is 4.79 Å². The minimum absolute atomic E-state index is 0.168. The molecule has 0 spiro atoms. The molecular formula is C19H23NO2. The number of fused-ring (bicyclic) bond motifs is 1. The SMILES string of the molecule is CC(O)C1CCCN(C(=O)Cc2cccc3ccccc23)C1. The first-order valence-electron chi connectivity index (χ1n) is 8.07. The van der Waals surface area contributed by atoms with Gasteiger partial charge < -0.3 is 10.0 Å². The first-order chi connectivity index (χ1) is 10.6. The molecule has 1 aliphatic rings. The summed E-state index contributed by atoms with van der Waals surface area (Å²) in [7, 11) is 0. The summed E-state index contributed by atoms with van der Waals surface area (Å²) < 4.78 is 0. The molecule has 3 nitrogen and oxygen atoms in total. The zero-order chi connectivity index (χ0) is 15.5. The smallest absolute Gasteiger partial charge is 0.227 e. The van der Waals surface area contributed by atoms with Gasteiger partial charge >= 0.3 is 0 Å². The molecule has 0 radical (unpaired) electrons. The van der Waals surface area contributed by atoms with Gasteiger partial charge in [-0.2, -0.15) is 0 Å². The second-order valence-electron chi connectivity index (χ2n) is 6.30. The van der Waals surface area contributed by atoms with Crippen LogP contribution in [0.15, 0.2) is 42.5 Å². The first kappa shape index (κ1) is 15.0. The number of carbonyl (C=O) groups is 1. The van der Waals surface area contributed by atoms with Crippen LogP contribution in [-0.2, 0) is 11.2 Å². The van der Waals surface area contributed by atoms with Gasteiger partial charge in [-0.25, -0.2) is 0 Å². The predicted molar refractivity (Wildman–Crippen MR) is 88.6 cm³/mol. The molecule has 0 aliphatic carbocycles. The quantitative estimate of drug-likeness (QED) is 0.946. The van der Waals surface area contributed by atoms with Crippen LogP contribution < -0.4 is 0 Å². The summed E-state index contributed by atoms with van der Waals surface area (Å²) in [5.41, 5.74) is 1.09. The van der Waals surface area contributed by atoms with Gasteiger partial charge in [0.15, 0.2) is 0 Å². The van der Waals surface area contributed by atoms with Gasteiger partial charge in [0.25, 0.3) is 0 Å². The van der Waals surface area contributed by atoms with Crippen LogP contribution in [0.25, 0.3) is 10.8 Å². The Bertz CT molecular complexity index is 660. The summed E-state index contributed by atoms with van der Waals surface area (Å²) >= 11 is 0. The lowest BCUT2D eigenvalue weighted by atomic mass is 9.93. The van der Waals surface area contributed by atoms with Crippen LogP contribution in [0.4, 0.5) is 0 Å². The number of piperidine rings is 1. The van der Waals surface area contributed by atoms with Crippen molar-refractivity contribution in [3.63, 3.8) is 0 Å². The van der Waals surface area contributed by atoms with Crippen LogP contribution in [0, 0.1) is 5.92 Å². The van der Waals surface area contributed by atoms with Gasteiger partial charge in [-0.1, -0.05) is 42.5 Å². The minimum Gasteiger partial charge on any atom is -0.393 e. The van der Waals surface area contributed by atoms with Crippen molar-refractivity contribution >= 4 is 16.7 Å². The molecule has 0 saturated carbocycles. The van der Waals surface area contributed by atoms with Crippen molar-refractivity contribution in [3.05, 3.63) is 48.0 Å². The molecule has 2 aromatic rings. The molecule has 2 aromatic carbocycles. The molecule has 22 heavy (non-hydrogen) atoms. The van der Waals surface area contributed by atoms with Crippen molar-refractivity contribution < 1.29 is 9.90 Å². The molecule has 0 bridgehead atoms. The van der Waals surface area contributed by atoms with Gasteiger partial charge in [0, 0.05) is 19.0 Å². The van der Waals surface area contributed by atoms with E-state index in [0.29, 0.717) is 13.0 Å². The number of benzene rings is 2. The van der Waals surface area contributed by atoms with Crippen molar-refractivity contribution in [2.45, 2.75) is 32.3 Å². The fourth-order valence-electron chi connectivity index (χ4n) is 3.35. The summed E-state index contributed by atoms with van der Waals surface area (Å²) in [5, 5.41) is 12.1. The maximum Gasteiger partial charge on any atom is 0.227 e. The highest BCUT2D eigenvalue weighted by molar-refractivity contribution is 5.90. The number of amides is 1. The Morgan fingerprint density at radius 1 is 1.27 bits per heavy atom. The topological polar surface area (TPSA) is 40.5 Å². The third kappa shape index (κ3) is 3.14. The van der Waals surface area contributed by atoms with Gasteiger partial charge in [0.05, 0.1) is 12.5 Å². The molecule has 0 aromatic heterocycles. The summed E-state index contributed by atoms with van der Waals surface area (Å²) in [5.74, 6) is 0.381. The number of carbonyl (C=O) groups excluding carboxylic acids is 1. The van der Waals surface area contributed by atoms with E-state index in [4.69, 9.17) is 0 Å². The van der Waals surface area contributed by atoms with Gasteiger partial charge in [0.1, 0.15) is 0 Å². The number of nitrogens with zero attached hydrogens (tertiary/aromatic N) is 1. The number of hydrogen-bond acceptors (Lipinski definition) is 2. The molecule has 1 saturated heterocycles. The highest BCUT2D eigenvalue weighted by Gasteiger charge is 2.26. The molecule has 3 heteroatoms. The molecule has 1 aliphatic heterocycles. The number of likely N-dealkylation sites (tertiary alicyclic amines) is 1. The van der Waals surface area contributed by atoms with Crippen molar-refractivity contribution in [2.24, 2.45) is 5.92 Å². The lowest BCUT2D eigenvalue weighted by molar-refractivity contribution is -0.133. The predicted octanol–water partition coefficient (Wildman–Crippen LogP) is 3.00. The van der Waals surface area contributed by atoms with Gasteiger partial charge in [0.2, 0.25) is 5.91 Å². The maximum absolute atomic E-state index is 12.6. The molecular weight excluding hydrogens is 274 g/mol. The number of rotatable bonds is 3. The largest absolute Gasteiger partial charge is 0.393 e. The summed E-state index contributed by atoms with van der Waals surface area (Å²) in [6, 6.07) is 14.3. The Kier molecular flexibility index (Phi) is 4.44. The van der Waals surface area contributed by atoms with E-state index < -0.39 is 0 Å². The number of aliphatic hydroxyl groups excluding tert-OH is 1. The average Bonchev–Trinajstić information content (AvgIpc) is 2.55. The molecule has 2 unspecified atom stereocenters. The lowest BCUT2D eigenvalue weighted by Crippen LogP contribution is -2.43. The second kappa shape index (κ2) is 6.49. The standard InChI is InChI=1S/C19H23NO2/c1-14(21)17-9-5-11-20(13-17)19(22)12-16-8-4-7-15-6-2-3-10-18(15)16/h2-4,6-8,10,14,17,21H,5,9,11-13H2,1H3. The van der Waals surface area contributed by atoms with Crippen molar-refractivity contribution in [3.8, 4) is 0 Å². The summed E-state index contributed by atoms with van der Waals surface area (Å²) in [6.07, 6.45) is 2.09. The summed E-state index contributed by atoms with van der Waals surface area (Å²) in [6.45, 7) is 3.32. The number of aliphatic hydroxyl groups is 1. The Morgan fingerprint density at radius 3 is 2.86 bits per heavy atom. The monoisotopic (exact) mass is 297 g/mol. The van der Waals surface area contributed by atoms with Crippen molar-refractivity contribution in [1.29, 1.82) is 0 Å². The van der Waals surface area contributed by atoms with E-state index in [1.807, 2.05) is 36.1 Å². The normalized spacial score (nSPS) is 20.1. The van der Waals surface area contributed by atoms with Crippen molar-refractivity contribution in [2.75, 3.05) is 13.1 Å². The third-order valence-corrected chi connectivity index (χ3v) is 4.71. The van der Waals surface area contributed by atoms with E-state index in [1.165, 1.54) is 5.39 Å². The van der Waals surface area contributed by atoms with E-state index in [0.717, 1.165) is 30.3 Å². The fourth-order valence-corrected chi connectivity index (χ4v) is 3.35. The number of hydrogen-bond donors (Lipinski definition) is 1. The lowest BCUT2D eigenvalue weighted by Gasteiger charge is -2.34. The molecule has 1 fully saturated rings. The average molecular weight is 297 g/mol. The molecule has 3 rings (SSSR count). The van der Waals surface area contributed by atoms with E-state index in [1.54, 1.807) is 0 Å². The van der Waals surface area contributed by atoms with E-state index in [9.17, 15) is 9.90 Å². The zero-order valence-corrected chi connectivity index (χ0v) is 13.0. The first-order valence-corrected chi connectivity index (χ1v) is 8.07. The van der Waals surface area contributed by atoms with E-state index in [-0.39, 0.29) is 17.9 Å². The molecule has 116 valence electrons.